The molecule has 1 amide bonds. The van der Waals surface area contributed by atoms with Crippen molar-refractivity contribution in [3.05, 3.63) is 105 Å². The topological polar surface area (TPSA) is 232 Å². The molecule has 0 aliphatic carbocycles. The van der Waals surface area contributed by atoms with E-state index in [0.29, 0.717) is 38.2 Å². The van der Waals surface area contributed by atoms with Crippen LogP contribution < -0.4 is 4.74 Å². The first-order valence-electron chi connectivity index (χ1n) is 19.2. The van der Waals surface area contributed by atoms with E-state index in [1.807, 2.05) is 42.5 Å². The van der Waals surface area contributed by atoms with Gasteiger partial charge in [0.25, 0.3) is 5.91 Å². The van der Waals surface area contributed by atoms with E-state index in [1.165, 1.54) is 14.2 Å². The first-order valence-corrected chi connectivity index (χ1v) is 21.5. The van der Waals surface area contributed by atoms with Gasteiger partial charge in [-0.05, 0) is 97.0 Å². The molecule has 1 saturated heterocycles. The predicted molar refractivity (Wildman–Crippen MR) is 232 cm³/mol. The minimum absolute atomic E-state index is 0.0576. The second-order valence-corrected chi connectivity index (χ2v) is 17.0. The Morgan fingerprint density at radius 2 is 1.60 bits per heavy atom. The van der Waals surface area contributed by atoms with Crippen molar-refractivity contribution in [2.45, 2.75) is 54.4 Å². The first-order chi connectivity index (χ1) is 29.3. The first kappa shape index (κ1) is 49.1. The van der Waals surface area contributed by atoms with Crippen molar-refractivity contribution in [2.75, 3.05) is 53.7 Å². The number of piperidine rings is 1. The number of methoxy groups -OCH3 is 2. The van der Waals surface area contributed by atoms with Crippen LogP contribution in [-0.4, -0.2) is 124 Å². The molecule has 4 aromatic carbocycles. The smallest absolute Gasteiger partial charge is 0.337 e. The molecule has 1 heterocycles. The number of likely N-dealkylation sites (N-methyl/N-ethyl adjacent to an activating group) is 1. The minimum atomic E-state index is -2.74. The number of esters is 1. The number of carboxylic acids is 3. The lowest BCUT2D eigenvalue weighted by atomic mass is 9.88. The fourth-order valence-electron chi connectivity index (χ4n) is 7.46. The molecule has 0 spiro atoms. The van der Waals surface area contributed by atoms with E-state index in [9.17, 15) is 33.4 Å². The Bertz CT molecular complexity index is 2380. The predicted octanol–water partition coefficient (Wildman–Crippen LogP) is 6.43. The Hall–Kier alpha value is -5.57. The van der Waals surface area contributed by atoms with Crippen LogP contribution in [-0.2, 0) is 29.9 Å². The number of nitriles is 1. The normalized spacial score (nSPS) is 14.1. The number of hydrogen-bond acceptors (Lipinski definition) is 11. The highest BCUT2D eigenvalue weighted by atomic mass is 35.5. The van der Waals surface area contributed by atoms with Gasteiger partial charge in [0, 0.05) is 30.7 Å². The molecule has 1 aliphatic rings. The number of halogens is 2. The van der Waals surface area contributed by atoms with Crippen LogP contribution in [0.15, 0.2) is 71.6 Å². The molecule has 0 aromatic heterocycles. The van der Waals surface area contributed by atoms with Crippen LogP contribution in [0.4, 0.5) is 0 Å². The number of ether oxygens (including phenoxy) is 2. The average Bonchev–Trinajstić information content (AvgIpc) is 3.24. The molecule has 15 nitrogen and oxygen atoms in total. The molecule has 4 aromatic rings. The van der Waals surface area contributed by atoms with Crippen molar-refractivity contribution in [3.8, 4) is 11.8 Å². The standard InChI is InChI=1S/C38H39Cl2N3O5S.C6H8O7/c1-42(37(44)35-31-8-6-5-7-26(31)19-29(22-41)36(35)47-2)23-28(25-10-12-32(39)33(40)20-25)15-18-43-16-13-24(14-17-43)30-11-9-27(38(45)48-3)21-34(30)49(4)46;7-3(8)1-6(13,5(11)12)2-4(9)10/h5-12,19-21,24,28H,13-18,23H2,1-4H3;13H,1-2H2,(H,7,8)(H,9,10)(H,11,12). The monoisotopic (exact) mass is 911 g/mol. The van der Waals surface area contributed by atoms with E-state index < -0.39 is 53.1 Å². The van der Waals surface area contributed by atoms with Gasteiger partial charge in [0.2, 0.25) is 0 Å². The van der Waals surface area contributed by atoms with Gasteiger partial charge in [-0.1, -0.05) is 59.6 Å². The summed E-state index contributed by atoms with van der Waals surface area (Å²) in [4.78, 5) is 61.5. The number of carbonyl (C=O) groups excluding carboxylic acids is 2. The van der Waals surface area contributed by atoms with Gasteiger partial charge in [-0.2, -0.15) is 5.26 Å². The molecular weight excluding hydrogens is 865 g/mol. The summed E-state index contributed by atoms with van der Waals surface area (Å²) in [6, 6.07) is 22.4. The third-order valence-corrected chi connectivity index (χ3v) is 12.4. The van der Waals surface area contributed by atoms with E-state index in [2.05, 4.69) is 11.0 Å². The van der Waals surface area contributed by atoms with Crippen molar-refractivity contribution in [3.63, 3.8) is 0 Å². The zero-order valence-electron chi connectivity index (χ0n) is 34.4. The molecule has 1 aliphatic heterocycles. The minimum Gasteiger partial charge on any atom is -0.495 e. The number of fused-ring (bicyclic) bond motifs is 1. The van der Waals surface area contributed by atoms with Crippen LogP contribution in [0.25, 0.3) is 10.8 Å². The number of aliphatic hydroxyl groups is 1. The second kappa shape index (κ2) is 22.0. The summed E-state index contributed by atoms with van der Waals surface area (Å²) in [6.45, 7) is 2.90. The largest absolute Gasteiger partial charge is 0.495 e. The fraction of sp³-hybridized carbons (Fsp3) is 0.364. The van der Waals surface area contributed by atoms with E-state index in [1.54, 1.807) is 42.5 Å². The van der Waals surface area contributed by atoms with Gasteiger partial charge in [-0.25, -0.2) is 9.59 Å². The molecular formula is C44H47Cl2N3O12S. The van der Waals surface area contributed by atoms with Gasteiger partial charge in [-0.3, -0.25) is 18.6 Å². The quantitative estimate of drug-likeness (QED) is 0.0888. The van der Waals surface area contributed by atoms with Crippen molar-refractivity contribution in [1.82, 2.24) is 9.80 Å². The van der Waals surface area contributed by atoms with Crippen LogP contribution in [0.1, 0.15) is 81.3 Å². The Labute approximate surface area is 370 Å². The summed E-state index contributed by atoms with van der Waals surface area (Å²) < 4.78 is 23.1. The Morgan fingerprint density at radius 3 is 2.15 bits per heavy atom. The Kier molecular flexibility index (Phi) is 17.4. The summed E-state index contributed by atoms with van der Waals surface area (Å²) >= 11 is 12.7. The van der Waals surface area contributed by atoms with Crippen LogP contribution in [0, 0.1) is 11.3 Å². The van der Waals surface area contributed by atoms with Gasteiger partial charge >= 0.3 is 23.9 Å². The van der Waals surface area contributed by atoms with Crippen LogP contribution in [0.2, 0.25) is 10.0 Å². The molecule has 0 bridgehead atoms. The lowest BCUT2D eigenvalue weighted by molar-refractivity contribution is -0.170. The van der Waals surface area contributed by atoms with E-state index >= 15 is 0 Å². The number of likely N-dealkylation sites (tertiary alicyclic amines) is 1. The summed E-state index contributed by atoms with van der Waals surface area (Å²) in [5, 5.41) is 46.1. The molecule has 1 fully saturated rings. The number of aliphatic carboxylic acids is 3. The van der Waals surface area contributed by atoms with E-state index in [0.717, 1.165) is 60.8 Å². The van der Waals surface area contributed by atoms with Crippen molar-refractivity contribution in [1.29, 1.82) is 5.26 Å². The maximum atomic E-state index is 14.2. The lowest BCUT2D eigenvalue weighted by Crippen LogP contribution is -2.42. The summed E-state index contributed by atoms with van der Waals surface area (Å²) in [5.41, 5.74) is 0.325. The van der Waals surface area contributed by atoms with Crippen LogP contribution in [0.3, 0.4) is 0 Å². The number of rotatable bonds is 16. The summed E-state index contributed by atoms with van der Waals surface area (Å²) in [5.74, 6) is -5.27. The zero-order chi connectivity index (χ0) is 45.9. The molecule has 330 valence electrons. The number of nitrogens with zero attached hydrogens (tertiary/aromatic N) is 3. The van der Waals surface area contributed by atoms with Gasteiger partial charge in [0.05, 0.1) is 64.6 Å². The summed E-state index contributed by atoms with van der Waals surface area (Å²) in [7, 11) is 3.34. The highest BCUT2D eigenvalue weighted by Crippen LogP contribution is 2.36. The number of benzene rings is 4. The molecule has 18 heteroatoms. The maximum absolute atomic E-state index is 14.2. The van der Waals surface area contributed by atoms with Crippen molar-refractivity contribution in [2.24, 2.45) is 0 Å². The molecule has 62 heavy (non-hydrogen) atoms. The van der Waals surface area contributed by atoms with Crippen LogP contribution in [0.5, 0.6) is 5.75 Å². The number of carboxylic acid groups (broad SMARTS) is 3. The molecule has 5 rings (SSSR count). The maximum Gasteiger partial charge on any atom is 0.337 e. The molecule has 4 N–H and O–H groups in total. The number of amides is 1. The zero-order valence-corrected chi connectivity index (χ0v) is 36.8. The third kappa shape index (κ3) is 12.3. The molecule has 0 radical (unpaired) electrons. The number of carbonyl (C=O) groups is 5. The van der Waals surface area contributed by atoms with E-state index in [-0.39, 0.29) is 23.5 Å². The van der Waals surface area contributed by atoms with Crippen molar-refractivity contribution < 1.29 is 58.1 Å². The van der Waals surface area contributed by atoms with Gasteiger partial charge < -0.3 is 39.7 Å². The van der Waals surface area contributed by atoms with Crippen LogP contribution >= 0.6 is 23.2 Å². The molecule has 0 saturated carbocycles. The summed E-state index contributed by atoms with van der Waals surface area (Å²) in [6.07, 6.45) is 1.88. The molecule has 2 atom stereocenters. The van der Waals surface area contributed by atoms with Gasteiger partial charge in [0.15, 0.2) is 5.60 Å². The third-order valence-electron chi connectivity index (χ3n) is 10.6. The lowest BCUT2D eigenvalue weighted by Gasteiger charge is -2.34. The Balaban J connectivity index is 0.000000562. The SMILES string of the molecule is COC(=O)c1ccc(C2CCN(CCC(CN(C)C(=O)c3c(OC)c(C#N)cc4ccccc34)c3ccc(Cl)c(Cl)c3)CC2)c(S(C)=O)c1.O=C(O)CC(O)(CC(=O)O)C(=O)O. The van der Waals surface area contributed by atoms with Gasteiger partial charge in [-0.15, -0.1) is 0 Å². The van der Waals surface area contributed by atoms with E-state index in [4.69, 9.17) is 53.1 Å². The van der Waals surface area contributed by atoms with Gasteiger partial charge in [0.1, 0.15) is 11.8 Å². The average molecular weight is 913 g/mol. The highest BCUT2D eigenvalue weighted by Gasteiger charge is 2.41. The Morgan fingerprint density at radius 1 is 0.952 bits per heavy atom. The highest BCUT2D eigenvalue weighted by molar-refractivity contribution is 7.84. The number of hydrogen-bond donors (Lipinski definition) is 4. The van der Waals surface area contributed by atoms with Crippen molar-refractivity contribution >= 4 is 74.6 Å². The fourth-order valence-corrected chi connectivity index (χ4v) is 8.62. The molecule has 2 unspecified atom stereocenters. The second-order valence-electron chi connectivity index (χ2n) is 14.8.